The van der Waals surface area contributed by atoms with Gasteiger partial charge in [-0.15, -0.1) is 11.3 Å². The second kappa shape index (κ2) is 8.45. The van der Waals surface area contributed by atoms with Gasteiger partial charge in [0, 0.05) is 17.1 Å². The molecule has 6 heteroatoms. The van der Waals surface area contributed by atoms with Crippen molar-refractivity contribution in [1.82, 2.24) is 9.66 Å². The quantitative estimate of drug-likeness (QED) is 0.325. The molecule has 150 valence electrons. The largest absolute Gasteiger partial charge is 0.255 e. The molecule has 0 atom stereocenters. The van der Waals surface area contributed by atoms with Crippen molar-refractivity contribution in [3.63, 3.8) is 0 Å². The topological polar surface area (TPSA) is 42.5 Å². The molecule has 5 rings (SSSR count). The van der Waals surface area contributed by atoms with Crippen LogP contribution in [0.2, 0.25) is 0 Å². The molecule has 0 spiro atoms. The van der Waals surface area contributed by atoms with E-state index >= 15 is 0 Å². The molecule has 5 aromatic rings. The molecule has 2 aromatic heterocycles. The first kappa shape index (κ1) is 19.1. The zero-order chi connectivity index (χ0) is 21.0. The first-order valence-electron chi connectivity index (χ1n) is 9.72. The molecule has 31 heavy (non-hydrogen) atoms. The summed E-state index contributed by atoms with van der Waals surface area (Å²) in [5.41, 5.74) is 3.40. The predicted octanol–water partition coefficient (Wildman–Crippen LogP) is 6.02. The maximum atomic E-state index is 13.3. The summed E-state index contributed by atoms with van der Waals surface area (Å²) in [7, 11) is 0. The van der Waals surface area contributed by atoms with Gasteiger partial charge in [0.1, 0.15) is 5.82 Å². The van der Waals surface area contributed by atoms with E-state index in [9.17, 15) is 4.39 Å². The van der Waals surface area contributed by atoms with Crippen LogP contribution in [-0.2, 0) is 0 Å². The molecule has 2 heterocycles. The molecule has 0 saturated carbocycles. The summed E-state index contributed by atoms with van der Waals surface area (Å²) in [6.45, 7) is 0. The van der Waals surface area contributed by atoms with Gasteiger partial charge in [0.15, 0.2) is 0 Å². The Morgan fingerprint density at radius 1 is 0.871 bits per heavy atom. The summed E-state index contributed by atoms with van der Waals surface area (Å²) >= 11 is 1.48. The van der Waals surface area contributed by atoms with E-state index in [-0.39, 0.29) is 5.82 Å². The van der Waals surface area contributed by atoms with Crippen LogP contribution in [0.5, 0.6) is 0 Å². The number of nitrogens with zero attached hydrogens (tertiary/aromatic N) is 4. The van der Waals surface area contributed by atoms with Gasteiger partial charge in [-0.05, 0) is 47.2 Å². The van der Waals surface area contributed by atoms with Crippen molar-refractivity contribution < 1.29 is 4.39 Å². The number of rotatable bonds is 4. The van der Waals surface area contributed by atoms with Crippen molar-refractivity contribution >= 4 is 34.0 Å². The first-order valence-corrected chi connectivity index (χ1v) is 10.6. The van der Waals surface area contributed by atoms with Crippen LogP contribution in [0, 0.1) is 5.82 Å². The highest BCUT2D eigenvalue weighted by atomic mass is 32.1. The van der Waals surface area contributed by atoms with Crippen molar-refractivity contribution in [2.75, 3.05) is 0 Å². The molecule has 0 unspecified atom stereocenters. The van der Waals surface area contributed by atoms with Gasteiger partial charge in [0.25, 0.3) is 0 Å². The minimum Gasteiger partial charge on any atom is -0.255 e. The molecular formula is C25H17FN4S. The summed E-state index contributed by atoms with van der Waals surface area (Å²) in [5, 5.41) is 9.04. The molecule has 0 aliphatic carbocycles. The maximum Gasteiger partial charge on any atom is 0.211 e. The van der Waals surface area contributed by atoms with E-state index in [0.29, 0.717) is 10.5 Å². The predicted molar refractivity (Wildman–Crippen MR) is 124 cm³/mol. The molecule has 0 aliphatic rings. The summed E-state index contributed by atoms with van der Waals surface area (Å²) in [5.74, 6) is -0.289. The Bertz CT molecular complexity index is 1430. The van der Waals surface area contributed by atoms with Gasteiger partial charge in [0.05, 0.1) is 23.3 Å². The number of pyridine rings is 1. The molecule has 0 amide bonds. The second-order valence-electron chi connectivity index (χ2n) is 6.83. The number of aromatic nitrogens is 2. The summed E-state index contributed by atoms with van der Waals surface area (Å²) in [6, 6.07) is 26.3. The Morgan fingerprint density at radius 3 is 2.52 bits per heavy atom. The van der Waals surface area contributed by atoms with Gasteiger partial charge in [-0.3, -0.25) is 4.98 Å². The van der Waals surface area contributed by atoms with Crippen LogP contribution in [0.3, 0.4) is 0 Å². The molecule has 0 saturated heterocycles. The smallest absolute Gasteiger partial charge is 0.211 e. The second-order valence-corrected chi connectivity index (χ2v) is 7.67. The lowest BCUT2D eigenvalue weighted by atomic mass is 10.0. The van der Waals surface area contributed by atoms with Gasteiger partial charge in [-0.2, -0.15) is 5.10 Å². The fourth-order valence-electron chi connectivity index (χ4n) is 3.32. The Balaban J connectivity index is 1.70. The van der Waals surface area contributed by atoms with Crippen LogP contribution in [0.1, 0.15) is 5.69 Å². The van der Waals surface area contributed by atoms with Gasteiger partial charge >= 0.3 is 0 Å². The Kier molecular flexibility index (Phi) is 5.21. The van der Waals surface area contributed by atoms with Crippen LogP contribution < -0.4 is 4.80 Å². The zero-order valence-corrected chi connectivity index (χ0v) is 17.2. The number of hydrogen-bond donors (Lipinski definition) is 0. The number of halogens is 1. The third-order valence-electron chi connectivity index (χ3n) is 4.80. The molecule has 0 radical (unpaired) electrons. The lowest BCUT2D eigenvalue weighted by Gasteiger charge is -2.07. The first-order chi connectivity index (χ1) is 15.3. The molecular weight excluding hydrogens is 407 g/mol. The van der Waals surface area contributed by atoms with E-state index in [2.05, 4.69) is 29.2 Å². The van der Waals surface area contributed by atoms with Crippen LogP contribution in [0.4, 0.5) is 10.1 Å². The standard InChI is InChI=1S/C25H17FN4S/c26-19-11-13-20(14-12-19)29-25-30(28-16-21-8-3-4-15-27-21)24(17-31-25)23-10-5-7-18-6-1-2-9-22(18)23/h1-17H. The van der Waals surface area contributed by atoms with E-state index in [0.717, 1.165) is 27.7 Å². The molecule has 0 bridgehead atoms. The maximum absolute atomic E-state index is 13.3. The van der Waals surface area contributed by atoms with Crippen molar-refractivity contribution in [3.05, 3.63) is 113 Å². The Morgan fingerprint density at radius 2 is 1.68 bits per heavy atom. The number of benzene rings is 3. The highest BCUT2D eigenvalue weighted by Gasteiger charge is 2.11. The Labute approximate surface area is 182 Å². The minimum atomic E-state index is -0.289. The van der Waals surface area contributed by atoms with Gasteiger partial charge in [-0.1, -0.05) is 48.5 Å². The monoisotopic (exact) mass is 424 g/mol. The van der Waals surface area contributed by atoms with Crippen LogP contribution >= 0.6 is 11.3 Å². The lowest BCUT2D eigenvalue weighted by Crippen LogP contribution is -2.11. The SMILES string of the molecule is Fc1ccc(N=c2scc(-c3cccc4ccccc34)n2N=Cc2ccccn2)cc1. The summed E-state index contributed by atoms with van der Waals surface area (Å²) < 4.78 is 15.1. The average Bonchev–Trinajstić information content (AvgIpc) is 3.21. The molecule has 4 nitrogen and oxygen atoms in total. The molecule has 0 N–H and O–H groups in total. The minimum absolute atomic E-state index is 0.289. The van der Waals surface area contributed by atoms with E-state index < -0.39 is 0 Å². The third-order valence-corrected chi connectivity index (χ3v) is 5.61. The normalized spacial score (nSPS) is 12.1. The summed E-state index contributed by atoms with van der Waals surface area (Å²) in [6.07, 6.45) is 3.44. The fraction of sp³-hybridized carbons (Fsp3) is 0. The van der Waals surface area contributed by atoms with Crippen molar-refractivity contribution in [2.24, 2.45) is 10.1 Å². The van der Waals surface area contributed by atoms with Gasteiger partial charge in [-0.25, -0.2) is 14.1 Å². The highest BCUT2D eigenvalue weighted by molar-refractivity contribution is 7.07. The molecule has 0 aliphatic heterocycles. The van der Waals surface area contributed by atoms with E-state index in [4.69, 9.17) is 10.1 Å². The number of fused-ring (bicyclic) bond motifs is 1. The van der Waals surface area contributed by atoms with E-state index in [1.54, 1.807) is 24.5 Å². The fourth-order valence-corrected chi connectivity index (χ4v) is 4.17. The molecule has 0 fully saturated rings. The van der Waals surface area contributed by atoms with Crippen molar-refractivity contribution in [1.29, 1.82) is 0 Å². The van der Waals surface area contributed by atoms with Crippen molar-refractivity contribution in [3.8, 4) is 11.3 Å². The van der Waals surface area contributed by atoms with E-state index in [1.807, 2.05) is 46.5 Å². The van der Waals surface area contributed by atoms with Crippen molar-refractivity contribution in [2.45, 2.75) is 0 Å². The third kappa shape index (κ3) is 4.06. The van der Waals surface area contributed by atoms with Gasteiger partial charge in [0.2, 0.25) is 4.80 Å². The highest BCUT2D eigenvalue weighted by Crippen LogP contribution is 2.29. The van der Waals surface area contributed by atoms with Gasteiger partial charge < -0.3 is 0 Å². The summed E-state index contributed by atoms with van der Waals surface area (Å²) in [4.78, 5) is 9.71. The zero-order valence-electron chi connectivity index (χ0n) is 16.4. The molecule has 3 aromatic carbocycles. The lowest BCUT2D eigenvalue weighted by molar-refractivity contribution is 0.628. The van der Waals surface area contributed by atoms with Crippen LogP contribution in [0.15, 0.2) is 107 Å². The number of hydrogen-bond acceptors (Lipinski definition) is 4. The van der Waals surface area contributed by atoms with E-state index in [1.165, 1.54) is 23.5 Å². The Hall–Kier alpha value is -3.90. The number of thiazole rings is 1. The average molecular weight is 425 g/mol. The van der Waals surface area contributed by atoms with Crippen LogP contribution in [-0.4, -0.2) is 15.9 Å². The van der Waals surface area contributed by atoms with Crippen LogP contribution in [0.25, 0.3) is 22.0 Å².